The van der Waals surface area contributed by atoms with E-state index in [9.17, 15) is 4.79 Å². The second-order valence-corrected chi connectivity index (χ2v) is 9.66. The Balaban J connectivity index is 1.17. The molecule has 3 aliphatic carbocycles. The van der Waals surface area contributed by atoms with E-state index in [1.165, 1.54) is 37.7 Å². The maximum atomic E-state index is 12.6. The van der Waals surface area contributed by atoms with Gasteiger partial charge in [0.15, 0.2) is 0 Å². The van der Waals surface area contributed by atoms with Crippen LogP contribution in [-0.2, 0) is 11.8 Å². The molecule has 4 aliphatic rings. The van der Waals surface area contributed by atoms with Crippen LogP contribution in [0.3, 0.4) is 0 Å². The molecule has 5 rings (SSSR count). The zero-order chi connectivity index (χ0) is 19.4. The summed E-state index contributed by atoms with van der Waals surface area (Å²) in [6, 6.07) is 0.403. The van der Waals surface area contributed by atoms with Crippen molar-refractivity contribution in [1.82, 2.24) is 20.4 Å². The molecule has 2 bridgehead atoms. The third kappa shape index (κ3) is 2.95. The first-order valence-corrected chi connectivity index (χ1v) is 11.2. The van der Waals surface area contributed by atoms with Gasteiger partial charge in [0.1, 0.15) is 0 Å². The van der Waals surface area contributed by atoms with Crippen molar-refractivity contribution in [2.75, 3.05) is 13.2 Å². The summed E-state index contributed by atoms with van der Waals surface area (Å²) in [5, 5.41) is 11.0. The second-order valence-electron chi connectivity index (χ2n) is 9.66. The Kier molecular flexibility index (Phi) is 4.65. The van der Waals surface area contributed by atoms with Crippen molar-refractivity contribution in [1.29, 1.82) is 0 Å². The molecule has 154 valence electrons. The van der Waals surface area contributed by atoms with Gasteiger partial charge in [-0.25, -0.2) is 4.79 Å². The number of ether oxygens (including phenoxy) is 1. The summed E-state index contributed by atoms with van der Waals surface area (Å²) in [6.45, 7) is 5.56. The van der Waals surface area contributed by atoms with Gasteiger partial charge in [-0.2, -0.15) is 5.10 Å². The normalized spacial score (nSPS) is 38.8. The van der Waals surface area contributed by atoms with Crippen molar-refractivity contribution in [3.05, 3.63) is 17.0 Å². The van der Waals surface area contributed by atoms with E-state index in [0.717, 1.165) is 48.1 Å². The second kappa shape index (κ2) is 7.05. The van der Waals surface area contributed by atoms with Crippen molar-refractivity contribution in [2.45, 2.75) is 64.5 Å². The van der Waals surface area contributed by atoms with Crippen molar-refractivity contribution in [3.8, 4) is 0 Å². The Morgan fingerprint density at radius 1 is 1.18 bits per heavy atom. The lowest BCUT2D eigenvalue weighted by atomic mass is 9.79. The minimum absolute atomic E-state index is 0.0115. The number of carbonyl (C=O) groups is 1. The van der Waals surface area contributed by atoms with E-state index in [-0.39, 0.29) is 12.1 Å². The summed E-state index contributed by atoms with van der Waals surface area (Å²) in [5.41, 5.74) is 3.40. The van der Waals surface area contributed by atoms with Crippen molar-refractivity contribution in [3.63, 3.8) is 0 Å². The Hall–Kier alpha value is -1.56. The van der Waals surface area contributed by atoms with Gasteiger partial charge in [-0.3, -0.25) is 4.68 Å². The fourth-order valence-electron chi connectivity index (χ4n) is 7.04. The van der Waals surface area contributed by atoms with Gasteiger partial charge >= 0.3 is 6.03 Å². The molecule has 6 nitrogen and oxygen atoms in total. The van der Waals surface area contributed by atoms with Gasteiger partial charge in [0, 0.05) is 43.4 Å². The highest BCUT2D eigenvalue weighted by Crippen LogP contribution is 2.58. The number of hydrogen-bond donors (Lipinski definition) is 2. The third-order valence-electron chi connectivity index (χ3n) is 8.33. The molecule has 0 aromatic carbocycles. The molecule has 0 radical (unpaired) electrons. The number of nitrogens with zero attached hydrogens (tertiary/aromatic N) is 2. The van der Waals surface area contributed by atoms with E-state index in [1.54, 1.807) is 0 Å². The molecule has 28 heavy (non-hydrogen) atoms. The van der Waals surface area contributed by atoms with E-state index < -0.39 is 0 Å². The van der Waals surface area contributed by atoms with Gasteiger partial charge in [0.2, 0.25) is 0 Å². The number of aromatic nitrogens is 2. The minimum Gasteiger partial charge on any atom is -0.373 e. The van der Waals surface area contributed by atoms with Gasteiger partial charge in [0.05, 0.1) is 11.8 Å². The zero-order valence-electron chi connectivity index (χ0n) is 17.4. The molecule has 1 aliphatic heterocycles. The van der Waals surface area contributed by atoms with Crippen LogP contribution in [0.5, 0.6) is 0 Å². The lowest BCUT2D eigenvalue weighted by Gasteiger charge is -2.32. The van der Waals surface area contributed by atoms with E-state index >= 15 is 0 Å². The molecular formula is C22H34N4O2. The molecule has 6 heteroatoms. The predicted octanol–water partition coefficient (Wildman–Crippen LogP) is 3.24. The van der Waals surface area contributed by atoms with Gasteiger partial charge < -0.3 is 15.4 Å². The largest absolute Gasteiger partial charge is 0.373 e. The van der Waals surface area contributed by atoms with E-state index in [0.29, 0.717) is 18.5 Å². The highest BCUT2D eigenvalue weighted by molar-refractivity contribution is 5.74. The molecule has 2 amide bonds. The Bertz CT molecular complexity index is 760. The van der Waals surface area contributed by atoms with Gasteiger partial charge in [-0.1, -0.05) is 6.42 Å². The lowest BCUT2D eigenvalue weighted by Crippen LogP contribution is -2.47. The monoisotopic (exact) mass is 386 g/mol. The van der Waals surface area contributed by atoms with Crippen molar-refractivity contribution < 1.29 is 9.53 Å². The van der Waals surface area contributed by atoms with Crippen LogP contribution in [0.15, 0.2) is 0 Å². The molecule has 5 unspecified atom stereocenters. The Morgan fingerprint density at radius 3 is 2.79 bits per heavy atom. The Morgan fingerprint density at radius 2 is 2.00 bits per heavy atom. The molecule has 3 saturated carbocycles. The highest BCUT2D eigenvalue weighted by atomic mass is 16.5. The number of amides is 2. The fourth-order valence-corrected chi connectivity index (χ4v) is 7.04. The van der Waals surface area contributed by atoms with E-state index in [1.807, 2.05) is 18.7 Å². The maximum absolute atomic E-state index is 12.6. The van der Waals surface area contributed by atoms with Crippen LogP contribution in [-0.4, -0.2) is 35.0 Å². The van der Waals surface area contributed by atoms with Gasteiger partial charge in [-0.05, 0) is 69.6 Å². The zero-order valence-corrected chi connectivity index (χ0v) is 17.4. The molecular weight excluding hydrogens is 352 g/mol. The quantitative estimate of drug-likeness (QED) is 0.835. The fraction of sp³-hybridized carbons (Fsp3) is 0.818. The summed E-state index contributed by atoms with van der Waals surface area (Å²) in [4.78, 5) is 12.6. The van der Waals surface area contributed by atoms with E-state index in [2.05, 4.69) is 22.7 Å². The number of nitrogens with one attached hydrogen (secondary N) is 2. The van der Waals surface area contributed by atoms with Crippen molar-refractivity contribution in [2.24, 2.45) is 36.6 Å². The summed E-state index contributed by atoms with van der Waals surface area (Å²) in [5.74, 6) is 3.76. The molecule has 1 aromatic heterocycles. The first-order valence-electron chi connectivity index (χ1n) is 11.2. The molecule has 7 atom stereocenters. The summed E-state index contributed by atoms with van der Waals surface area (Å²) < 4.78 is 7.98. The third-order valence-corrected chi connectivity index (χ3v) is 8.33. The van der Waals surface area contributed by atoms with E-state index in [4.69, 9.17) is 4.74 Å². The predicted molar refractivity (Wildman–Crippen MR) is 107 cm³/mol. The highest BCUT2D eigenvalue weighted by Gasteiger charge is 2.54. The molecule has 0 spiro atoms. The number of fused-ring (bicyclic) bond motifs is 5. The summed E-state index contributed by atoms with van der Waals surface area (Å²) >= 11 is 0. The smallest absolute Gasteiger partial charge is 0.315 e. The molecule has 1 aromatic rings. The number of rotatable bonds is 4. The van der Waals surface area contributed by atoms with Crippen molar-refractivity contribution >= 4 is 6.03 Å². The average molecular weight is 387 g/mol. The number of hydrogen-bond acceptors (Lipinski definition) is 3. The topological polar surface area (TPSA) is 68.2 Å². The van der Waals surface area contributed by atoms with Crippen LogP contribution in [0.25, 0.3) is 0 Å². The van der Waals surface area contributed by atoms with Crippen LogP contribution in [0.4, 0.5) is 4.79 Å². The van der Waals surface area contributed by atoms with Gasteiger partial charge in [-0.15, -0.1) is 0 Å². The van der Waals surface area contributed by atoms with Crippen LogP contribution < -0.4 is 10.6 Å². The summed E-state index contributed by atoms with van der Waals surface area (Å²) in [6.07, 6.45) is 7.78. The summed E-state index contributed by atoms with van der Waals surface area (Å²) in [7, 11) is 1.98. The lowest BCUT2D eigenvalue weighted by molar-refractivity contribution is 0.0898. The van der Waals surface area contributed by atoms with Gasteiger partial charge in [0.25, 0.3) is 0 Å². The van der Waals surface area contributed by atoms with Crippen LogP contribution in [0, 0.1) is 43.4 Å². The van der Waals surface area contributed by atoms with Crippen LogP contribution in [0.2, 0.25) is 0 Å². The number of aryl methyl sites for hydroxylation is 2. The molecule has 1 saturated heterocycles. The Labute approximate surface area is 167 Å². The molecule has 2 heterocycles. The van der Waals surface area contributed by atoms with Crippen LogP contribution >= 0.6 is 0 Å². The molecule has 2 N–H and O–H groups in total. The average Bonchev–Trinajstić information content (AvgIpc) is 3.43. The number of carbonyl (C=O) groups excluding carboxylic acids is 1. The molecule has 4 fully saturated rings. The minimum atomic E-state index is 0.0115. The first kappa shape index (κ1) is 18.5. The number of urea groups is 1. The SMILES string of the molecule is Cc1nn(C)c(C)c1[C@@H]1OCC[C@H]1CNC(=O)NC1CC2CC1C1CCCC21. The maximum Gasteiger partial charge on any atom is 0.315 e. The van der Waals surface area contributed by atoms with Crippen LogP contribution in [0.1, 0.15) is 61.6 Å². The first-order chi connectivity index (χ1) is 13.5. The standard InChI is InChI=1S/C22H34N4O2/c1-12-20(13(2)26(3)25-12)21-14(7-8-28-21)11-23-22(27)24-19-10-15-9-18(19)17-6-4-5-16(15)17/h14-19,21H,4-11H2,1-3H3,(H2,23,24,27)/t14-,15?,16?,17?,18?,19?,21+/m0/s1.